The number of rotatable bonds is 5. The Kier molecular flexibility index (Phi) is 4.56. The van der Waals surface area contributed by atoms with Gasteiger partial charge in [0, 0.05) is 18.0 Å². The van der Waals surface area contributed by atoms with Crippen LogP contribution in [0.2, 0.25) is 0 Å². The molecule has 0 radical (unpaired) electrons. The molecule has 1 aromatic heterocycles. The Hall–Kier alpha value is -0.590. The van der Waals surface area contributed by atoms with E-state index in [4.69, 9.17) is 5.11 Å². The molecule has 0 bridgehead atoms. The molecule has 6 heteroatoms. The van der Waals surface area contributed by atoms with Crippen LogP contribution in [0.1, 0.15) is 23.7 Å². The third-order valence-corrected chi connectivity index (χ3v) is 2.80. The maximum Gasteiger partial charge on any atom is 0.265 e. The van der Waals surface area contributed by atoms with E-state index in [1.165, 1.54) is 11.3 Å². The molecule has 0 fully saturated rings. The molecule has 1 heterocycles. The van der Waals surface area contributed by atoms with Gasteiger partial charge in [-0.15, -0.1) is 11.3 Å². The van der Waals surface area contributed by atoms with E-state index >= 15 is 0 Å². The lowest BCUT2D eigenvalue weighted by atomic mass is 10.2. The summed E-state index contributed by atoms with van der Waals surface area (Å²) in [4.78, 5) is 4.22. The Balaban J connectivity index is 2.39. The van der Waals surface area contributed by atoms with Gasteiger partial charge in [0.15, 0.2) is 0 Å². The summed E-state index contributed by atoms with van der Waals surface area (Å²) in [6.45, 7) is 3.58. The van der Waals surface area contributed by atoms with E-state index in [1.54, 1.807) is 0 Å². The van der Waals surface area contributed by atoms with Gasteiger partial charge in [-0.1, -0.05) is 0 Å². The molecule has 0 amide bonds. The third kappa shape index (κ3) is 3.81. The van der Waals surface area contributed by atoms with Crippen molar-refractivity contribution in [2.75, 3.05) is 6.54 Å². The van der Waals surface area contributed by atoms with Crippen molar-refractivity contribution in [3.63, 3.8) is 0 Å². The molecule has 1 aromatic rings. The number of aliphatic hydroxyl groups excluding tert-OH is 1. The highest BCUT2D eigenvalue weighted by molar-refractivity contribution is 7.09. The van der Waals surface area contributed by atoms with Crippen molar-refractivity contribution in [2.24, 2.45) is 0 Å². The van der Waals surface area contributed by atoms with E-state index in [9.17, 15) is 8.78 Å². The number of thiazole rings is 1. The van der Waals surface area contributed by atoms with Crippen LogP contribution in [-0.2, 0) is 0 Å². The zero-order valence-electron chi connectivity index (χ0n) is 8.58. The lowest BCUT2D eigenvalue weighted by molar-refractivity contribution is -0.00444. The van der Waals surface area contributed by atoms with Crippen LogP contribution >= 0.6 is 11.3 Å². The predicted octanol–water partition coefficient (Wildman–Crippen LogP) is 1.73. The van der Waals surface area contributed by atoms with Crippen molar-refractivity contribution < 1.29 is 13.9 Å². The molecule has 2 unspecified atom stereocenters. The molecule has 0 aromatic carbocycles. The first-order chi connectivity index (χ1) is 7.00. The van der Waals surface area contributed by atoms with Gasteiger partial charge < -0.3 is 10.4 Å². The van der Waals surface area contributed by atoms with Crippen molar-refractivity contribution in [1.82, 2.24) is 10.3 Å². The van der Waals surface area contributed by atoms with Crippen molar-refractivity contribution >= 4 is 11.3 Å². The van der Waals surface area contributed by atoms with E-state index in [0.29, 0.717) is 0 Å². The predicted molar refractivity (Wildman–Crippen MR) is 55.3 cm³/mol. The molecule has 2 atom stereocenters. The number of hydrogen-bond acceptors (Lipinski definition) is 4. The Bertz CT molecular complexity index is 306. The third-order valence-electron chi connectivity index (χ3n) is 2.00. The van der Waals surface area contributed by atoms with Gasteiger partial charge in [0.25, 0.3) is 6.43 Å². The molecule has 0 aliphatic carbocycles. The Morgan fingerprint density at radius 1 is 1.60 bits per heavy atom. The number of aryl methyl sites for hydroxylation is 1. The first kappa shape index (κ1) is 12.5. The summed E-state index contributed by atoms with van der Waals surface area (Å²) in [5.41, 5.74) is 0.818. The topological polar surface area (TPSA) is 45.2 Å². The highest BCUT2D eigenvalue weighted by Crippen LogP contribution is 2.15. The summed E-state index contributed by atoms with van der Waals surface area (Å²) in [6.07, 6.45) is -4.32. The standard InChI is InChI=1S/C9H14F2N2OS/c1-5(7-4-15-6(2)13-7)12-3-8(14)9(10)11/h4-5,8-9,12,14H,3H2,1-2H3. The second-order valence-corrected chi connectivity index (χ2v) is 4.39. The van der Waals surface area contributed by atoms with Gasteiger partial charge in [-0.05, 0) is 13.8 Å². The van der Waals surface area contributed by atoms with E-state index in [1.807, 2.05) is 19.2 Å². The van der Waals surface area contributed by atoms with Crippen LogP contribution in [0.3, 0.4) is 0 Å². The molecule has 3 nitrogen and oxygen atoms in total. The monoisotopic (exact) mass is 236 g/mol. The van der Waals surface area contributed by atoms with Gasteiger partial charge in [0.1, 0.15) is 6.10 Å². The number of hydrogen-bond donors (Lipinski definition) is 2. The minimum absolute atomic E-state index is 0.122. The smallest absolute Gasteiger partial charge is 0.265 e. The fourth-order valence-corrected chi connectivity index (χ4v) is 1.78. The molecule has 1 rings (SSSR count). The van der Waals surface area contributed by atoms with Crippen LogP contribution in [0.4, 0.5) is 8.78 Å². The second-order valence-electron chi connectivity index (χ2n) is 3.32. The number of nitrogens with one attached hydrogen (secondary N) is 1. The fourth-order valence-electron chi connectivity index (χ4n) is 1.07. The van der Waals surface area contributed by atoms with Crippen LogP contribution in [0.15, 0.2) is 5.38 Å². The van der Waals surface area contributed by atoms with Crippen molar-refractivity contribution in [3.05, 3.63) is 16.1 Å². The van der Waals surface area contributed by atoms with Gasteiger partial charge in [-0.2, -0.15) is 0 Å². The van der Waals surface area contributed by atoms with Crippen LogP contribution in [0.25, 0.3) is 0 Å². The fraction of sp³-hybridized carbons (Fsp3) is 0.667. The maximum absolute atomic E-state index is 12.0. The largest absolute Gasteiger partial charge is 0.386 e. The Morgan fingerprint density at radius 3 is 2.73 bits per heavy atom. The summed E-state index contributed by atoms with van der Waals surface area (Å²) in [7, 11) is 0. The number of aromatic nitrogens is 1. The van der Waals surface area contributed by atoms with Crippen LogP contribution in [0, 0.1) is 6.92 Å². The van der Waals surface area contributed by atoms with Gasteiger partial charge >= 0.3 is 0 Å². The summed E-state index contributed by atoms with van der Waals surface area (Å²) in [5.74, 6) is 0. The van der Waals surface area contributed by atoms with Gasteiger partial charge in [-0.3, -0.25) is 0 Å². The van der Waals surface area contributed by atoms with E-state index in [2.05, 4.69) is 10.3 Å². The first-order valence-electron chi connectivity index (χ1n) is 4.62. The van der Waals surface area contributed by atoms with E-state index in [-0.39, 0.29) is 12.6 Å². The quantitative estimate of drug-likeness (QED) is 0.818. The lowest BCUT2D eigenvalue weighted by Gasteiger charge is -2.14. The van der Waals surface area contributed by atoms with E-state index < -0.39 is 12.5 Å². The summed E-state index contributed by atoms with van der Waals surface area (Å²) >= 11 is 1.51. The van der Waals surface area contributed by atoms with Gasteiger partial charge in [-0.25, -0.2) is 13.8 Å². The average Bonchev–Trinajstić information content (AvgIpc) is 2.60. The molecule has 15 heavy (non-hydrogen) atoms. The number of nitrogens with zero attached hydrogens (tertiary/aromatic N) is 1. The summed E-state index contributed by atoms with van der Waals surface area (Å²) in [5, 5.41) is 14.5. The number of halogens is 2. The van der Waals surface area contributed by atoms with Crippen LogP contribution in [0.5, 0.6) is 0 Å². The molecule has 2 N–H and O–H groups in total. The van der Waals surface area contributed by atoms with Gasteiger partial charge in [0.2, 0.25) is 0 Å². The van der Waals surface area contributed by atoms with Crippen LogP contribution < -0.4 is 5.32 Å². The molecule has 86 valence electrons. The lowest BCUT2D eigenvalue weighted by Crippen LogP contribution is -2.33. The highest BCUT2D eigenvalue weighted by Gasteiger charge is 2.18. The van der Waals surface area contributed by atoms with Gasteiger partial charge in [0.05, 0.1) is 10.7 Å². The molecular formula is C9H14F2N2OS. The van der Waals surface area contributed by atoms with Crippen molar-refractivity contribution in [2.45, 2.75) is 32.4 Å². The summed E-state index contributed by atoms with van der Waals surface area (Å²) in [6, 6.07) is -0.122. The molecule has 0 spiro atoms. The Morgan fingerprint density at radius 2 is 2.27 bits per heavy atom. The minimum Gasteiger partial charge on any atom is -0.386 e. The first-order valence-corrected chi connectivity index (χ1v) is 5.50. The SMILES string of the molecule is Cc1nc(C(C)NCC(O)C(F)F)cs1. The minimum atomic E-state index is -2.71. The molecule has 0 saturated heterocycles. The normalized spacial score (nSPS) is 15.6. The molecular weight excluding hydrogens is 222 g/mol. The maximum atomic E-state index is 12.0. The Labute approximate surface area is 91.2 Å². The van der Waals surface area contributed by atoms with Crippen LogP contribution in [-0.4, -0.2) is 29.2 Å². The number of aliphatic hydroxyl groups is 1. The zero-order chi connectivity index (χ0) is 11.4. The number of alkyl halides is 2. The summed E-state index contributed by atoms with van der Waals surface area (Å²) < 4.78 is 24.0. The molecule has 0 aliphatic rings. The van der Waals surface area contributed by atoms with Crippen molar-refractivity contribution in [1.29, 1.82) is 0 Å². The second kappa shape index (κ2) is 5.48. The highest BCUT2D eigenvalue weighted by atomic mass is 32.1. The average molecular weight is 236 g/mol. The van der Waals surface area contributed by atoms with E-state index in [0.717, 1.165) is 10.7 Å². The molecule has 0 saturated carbocycles. The van der Waals surface area contributed by atoms with Crippen molar-refractivity contribution in [3.8, 4) is 0 Å². The molecule has 0 aliphatic heterocycles. The zero-order valence-corrected chi connectivity index (χ0v) is 9.39.